The normalized spacial score (nSPS) is 5.97. The van der Waals surface area contributed by atoms with Crippen molar-refractivity contribution in [3.05, 3.63) is 0 Å². The van der Waals surface area contributed by atoms with Crippen molar-refractivity contribution in [2.24, 2.45) is 11.5 Å². The molecule has 0 saturated heterocycles. The standard InChI is InChI=1S/C4H13N3.5C2H4O2.Fe.2Na.2H2O/c5-1-3-7-4-2-6;5*1-2(3)4;;;;;/h7H,1-6H2;5*1H3,(H,3,4);;;;2*1H2/q;;;;;;+3;2*+1;;/p-5. The summed E-state index contributed by atoms with van der Waals surface area (Å²) in [5.74, 6) is -5.42. The molecule has 0 aliphatic carbocycles. The molecule has 0 aromatic carbocycles. The second kappa shape index (κ2) is 69.8. The van der Waals surface area contributed by atoms with E-state index >= 15 is 0 Å². The molecule has 0 aromatic heterocycles. The summed E-state index contributed by atoms with van der Waals surface area (Å²) in [6.45, 7) is 7.99. The van der Waals surface area contributed by atoms with Gasteiger partial charge in [-0.05, 0) is 34.6 Å². The average Bonchev–Trinajstić information content (AvgIpc) is 2.35. The molecule has 0 unspecified atom stereocenters. The minimum atomic E-state index is -1.08. The van der Waals surface area contributed by atoms with Crippen LogP contribution >= 0.6 is 0 Å². The second-order valence-electron chi connectivity index (χ2n) is 3.79. The first-order chi connectivity index (χ1) is 12.1. The minimum Gasteiger partial charge on any atom is -0.550 e. The summed E-state index contributed by atoms with van der Waals surface area (Å²) in [6.07, 6.45) is 0. The van der Waals surface area contributed by atoms with Crippen LogP contribution in [0.1, 0.15) is 34.6 Å². The van der Waals surface area contributed by atoms with Gasteiger partial charge in [0.25, 0.3) is 0 Å². The fourth-order valence-electron chi connectivity index (χ4n) is 0.329. The largest absolute Gasteiger partial charge is 3.00 e. The van der Waals surface area contributed by atoms with Crippen LogP contribution in [0.25, 0.3) is 0 Å². The number of aliphatic carboxylic acids is 5. The van der Waals surface area contributed by atoms with Crippen LogP contribution in [-0.2, 0) is 41.0 Å². The van der Waals surface area contributed by atoms with Gasteiger partial charge in [-0.1, -0.05) is 0 Å². The number of nitrogens with two attached hydrogens (primary N) is 2. The SMILES string of the molecule is CC(=O)[O-].CC(=O)[O-].CC(=O)[O-].CC(=O)[O-].CC(=O)[O-].NCCNCCN.O.O.[Fe+3].[Na+].[Na+]. The Morgan fingerprint density at radius 2 is 0.656 bits per heavy atom. The fraction of sp³-hybridized carbons (Fsp3) is 0.643. The van der Waals surface area contributed by atoms with Crippen LogP contribution in [0.15, 0.2) is 0 Å². The molecule has 0 spiro atoms. The van der Waals surface area contributed by atoms with E-state index in [0.29, 0.717) is 13.1 Å². The van der Waals surface area contributed by atoms with Gasteiger partial charge in [-0.25, -0.2) is 0 Å². The molecule has 0 atom stereocenters. The Balaban J connectivity index is -0.0000000181. The smallest absolute Gasteiger partial charge is 0.550 e. The molecule has 9 N–H and O–H groups in total. The summed E-state index contributed by atoms with van der Waals surface area (Å²) >= 11 is 0. The van der Waals surface area contributed by atoms with Gasteiger partial charge >= 0.3 is 76.2 Å². The van der Waals surface area contributed by atoms with Gasteiger partial charge in [0.1, 0.15) is 0 Å². The Morgan fingerprint density at radius 1 is 0.562 bits per heavy atom. The number of nitrogens with one attached hydrogen (secondary N) is 1. The fourth-order valence-corrected chi connectivity index (χ4v) is 0.329. The minimum absolute atomic E-state index is 0. The van der Waals surface area contributed by atoms with E-state index in [1.54, 1.807) is 0 Å². The summed E-state index contributed by atoms with van der Waals surface area (Å²) in [5, 5.41) is 47.5. The van der Waals surface area contributed by atoms with Gasteiger partial charge in [-0.15, -0.1) is 0 Å². The van der Waals surface area contributed by atoms with E-state index in [4.69, 9.17) is 61.0 Å². The van der Waals surface area contributed by atoms with Gasteiger partial charge in [0.2, 0.25) is 0 Å². The van der Waals surface area contributed by atoms with Crippen molar-refractivity contribution in [1.82, 2.24) is 5.32 Å². The summed E-state index contributed by atoms with van der Waals surface area (Å²) in [7, 11) is 0. The molecule has 0 aliphatic heterocycles. The van der Waals surface area contributed by atoms with E-state index in [9.17, 15) is 0 Å². The molecular formula is C14H32FeN3Na2O12. The Morgan fingerprint density at radius 3 is 0.719 bits per heavy atom. The zero-order chi connectivity index (χ0) is 23.4. The topological polar surface area (TPSA) is 328 Å². The van der Waals surface area contributed by atoms with Crippen molar-refractivity contribution >= 4 is 29.8 Å². The third-order valence-electron chi connectivity index (χ3n) is 0.642. The van der Waals surface area contributed by atoms with Crippen LogP contribution in [0.2, 0.25) is 0 Å². The third kappa shape index (κ3) is 1810. The number of carboxylic acid groups (broad SMARTS) is 5. The van der Waals surface area contributed by atoms with E-state index in [0.717, 1.165) is 47.7 Å². The van der Waals surface area contributed by atoms with Crippen LogP contribution < -0.4 is 101 Å². The molecule has 185 valence electrons. The first-order valence-corrected chi connectivity index (χ1v) is 7.06. The molecule has 32 heavy (non-hydrogen) atoms. The Bertz CT molecular complexity index is 302. The second-order valence-corrected chi connectivity index (χ2v) is 3.79. The van der Waals surface area contributed by atoms with Gasteiger partial charge in [0.15, 0.2) is 0 Å². The van der Waals surface area contributed by atoms with Crippen molar-refractivity contribution in [1.29, 1.82) is 0 Å². The van der Waals surface area contributed by atoms with Gasteiger partial charge in [-0.3, -0.25) is 0 Å². The van der Waals surface area contributed by atoms with Crippen molar-refractivity contribution in [2.45, 2.75) is 34.6 Å². The van der Waals surface area contributed by atoms with Crippen LogP contribution in [0.3, 0.4) is 0 Å². The maximum atomic E-state index is 8.89. The summed E-state index contributed by atoms with van der Waals surface area (Å²) in [4.78, 5) is 44.4. The van der Waals surface area contributed by atoms with Gasteiger partial charge in [0.05, 0.1) is 0 Å². The first kappa shape index (κ1) is 69.7. The first-order valence-electron chi connectivity index (χ1n) is 7.06. The monoisotopic (exact) mass is 536 g/mol. The number of hydrogen-bond acceptors (Lipinski definition) is 13. The molecule has 1 radical (unpaired) electrons. The average molecular weight is 536 g/mol. The molecule has 0 bridgehead atoms. The molecule has 0 rings (SSSR count). The van der Waals surface area contributed by atoms with Crippen LogP contribution in [0.4, 0.5) is 0 Å². The molecule has 18 heteroatoms. The van der Waals surface area contributed by atoms with E-state index in [1.807, 2.05) is 0 Å². The molecule has 0 amide bonds. The molecule has 0 aromatic rings. The zero-order valence-corrected chi connectivity index (χ0v) is 24.5. The number of rotatable bonds is 4. The summed E-state index contributed by atoms with van der Waals surface area (Å²) < 4.78 is 0. The number of hydrogen-bond donors (Lipinski definition) is 3. The maximum Gasteiger partial charge on any atom is 3.00 e. The zero-order valence-electron chi connectivity index (χ0n) is 19.4. The quantitative estimate of drug-likeness (QED) is 0.222. The Hall–Kier alpha value is -0.331. The molecule has 0 heterocycles. The number of carboxylic acids is 5. The Labute approximate surface area is 242 Å². The molecule has 0 fully saturated rings. The van der Waals surface area contributed by atoms with E-state index in [1.165, 1.54) is 0 Å². The van der Waals surface area contributed by atoms with Crippen LogP contribution in [0, 0.1) is 0 Å². The summed E-state index contributed by atoms with van der Waals surface area (Å²) in [5.41, 5.74) is 10.3. The van der Waals surface area contributed by atoms with Crippen LogP contribution in [-0.4, -0.2) is 67.0 Å². The van der Waals surface area contributed by atoms with Crippen LogP contribution in [0.5, 0.6) is 0 Å². The maximum absolute atomic E-state index is 8.89. The van der Waals surface area contributed by atoms with E-state index < -0.39 is 29.8 Å². The molecule has 0 aliphatic rings. The number of carbonyl (C=O) groups is 5. The van der Waals surface area contributed by atoms with E-state index in [2.05, 4.69) is 5.32 Å². The van der Waals surface area contributed by atoms with Gasteiger partial charge < -0.3 is 77.2 Å². The third-order valence-corrected chi connectivity index (χ3v) is 0.642. The molecule has 15 nitrogen and oxygen atoms in total. The van der Waals surface area contributed by atoms with Gasteiger partial charge in [-0.2, -0.15) is 0 Å². The van der Waals surface area contributed by atoms with Crippen molar-refractivity contribution in [3.63, 3.8) is 0 Å². The Kier molecular flexibility index (Phi) is 152. The van der Waals surface area contributed by atoms with Crippen molar-refractivity contribution in [3.8, 4) is 0 Å². The predicted molar refractivity (Wildman–Crippen MR) is 91.6 cm³/mol. The molecule has 0 saturated carbocycles. The van der Waals surface area contributed by atoms with E-state index in [-0.39, 0.29) is 87.1 Å². The van der Waals surface area contributed by atoms with Gasteiger partial charge in [0, 0.05) is 56.0 Å². The predicted octanol–water partition coefficient (Wildman–Crippen LogP) is -15.4. The van der Waals surface area contributed by atoms with Crippen molar-refractivity contribution < 1.29 is 137 Å². The summed E-state index contributed by atoms with van der Waals surface area (Å²) in [6, 6.07) is 0. The van der Waals surface area contributed by atoms with Crippen molar-refractivity contribution in [2.75, 3.05) is 26.2 Å². The number of carbonyl (C=O) groups excluding carboxylic acids is 5. The molecular weight excluding hydrogens is 504 g/mol.